The molecule has 196 valence electrons. The van der Waals surface area contributed by atoms with Gasteiger partial charge in [0.15, 0.2) is 0 Å². The van der Waals surface area contributed by atoms with Gasteiger partial charge in [-0.1, -0.05) is 12.1 Å². The van der Waals surface area contributed by atoms with Crippen molar-refractivity contribution in [1.82, 2.24) is 9.80 Å². The molecule has 5 nitrogen and oxygen atoms in total. The van der Waals surface area contributed by atoms with Gasteiger partial charge in [0.1, 0.15) is 12.4 Å². The standard InChI is InChI=1S/C27H26F4N2O3S/c1-36-15-2-13-32(26(35)19-3-7-20(8-4-19)27(29,30)31)17-24(34)33-14-11-23-22(12-16-37-23)25(33)18-5-9-21(28)10-6-18/h3-10,12,16,25H,2,11,13-15,17H2,1H3. The third-order valence-corrected chi connectivity index (χ3v) is 7.32. The highest BCUT2D eigenvalue weighted by Gasteiger charge is 2.34. The van der Waals surface area contributed by atoms with E-state index in [0.717, 1.165) is 40.3 Å². The monoisotopic (exact) mass is 534 g/mol. The molecule has 0 saturated heterocycles. The van der Waals surface area contributed by atoms with E-state index in [2.05, 4.69) is 0 Å². The average molecular weight is 535 g/mol. The van der Waals surface area contributed by atoms with Crippen molar-refractivity contribution in [1.29, 1.82) is 0 Å². The molecule has 1 unspecified atom stereocenters. The third-order valence-electron chi connectivity index (χ3n) is 6.32. The van der Waals surface area contributed by atoms with E-state index in [1.165, 1.54) is 24.1 Å². The second-order valence-electron chi connectivity index (χ2n) is 8.74. The highest BCUT2D eigenvalue weighted by Crippen LogP contribution is 2.38. The van der Waals surface area contributed by atoms with Gasteiger partial charge in [-0.25, -0.2) is 4.39 Å². The summed E-state index contributed by atoms with van der Waals surface area (Å²) in [5.74, 6) is -1.22. The molecule has 10 heteroatoms. The second-order valence-corrected chi connectivity index (χ2v) is 9.74. The minimum absolute atomic E-state index is 0.0621. The van der Waals surface area contributed by atoms with E-state index in [-0.39, 0.29) is 30.4 Å². The second kappa shape index (κ2) is 11.4. The molecule has 0 aliphatic carbocycles. The molecule has 0 radical (unpaired) electrons. The fourth-order valence-corrected chi connectivity index (χ4v) is 5.38. The number of benzene rings is 2. The van der Waals surface area contributed by atoms with E-state index < -0.39 is 23.7 Å². The van der Waals surface area contributed by atoms with Crippen LogP contribution in [0.5, 0.6) is 0 Å². The molecule has 1 aliphatic rings. The minimum atomic E-state index is -4.51. The molecular weight excluding hydrogens is 508 g/mol. The molecule has 0 N–H and O–H groups in total. The summed E-state index contributed by atoms with van der Waals surface area (Å²) >= 11 is 1.60. The maximum atomic E-state index is 13.6. The van der Waals surface area contributed by atoms with Crippen molar-refractivity contribution in [3.63, 3.8) is 0 Å². The minimum Gasteiger partial charge on any atom is -0.385 e. The Morgan fingerprint density at radius 2 is 1.78 bits per heavy atom. The predicted molar refractivity (Wildman–Crippen MR) is 132 cm³/mol. The van der Waals surface area contributed by atoms with E-state index in [1.54, 1.807) is 28.4 Å². The topological polar surface area (TPSA) is 49.9 Å². The number of nitrogens with zero attached hydrogens (tertiary/aromatic N) is 2. The van der Waals surface area contributed by atoms with Crippen molar-refractivity contribution >= 4 is 23.2 Å². The first-order valence-electron chi connectivity index (χ1n) is 11.8. The number of halogens is 4. The fraction of sp³-hybridized carbons (Fsp3) is 0.333. The Labute approximate surface area is 216 Å². The van der Waals surface area contributed by atoms with Crippen molar-refractivity contribution < 1.29 is 31.9 Å². The van der Waals surface area contributed by atoms with Crippen LogP contribution in [-0.4, -0.2) is 55.0 Å². The average Bonchev–Trinajstić information content (AvgIpc) is 3.36. The Balaban J connectivity index is 1.58. The lowest BCUT2D eigenvalue weighted by Crippen LogP contribution is -2.47. The molecule has 3 aromatic rings. The van der Waals surface area contributed by atoms with Gasteiger partial charge in [-0.2, -0.15) is 13.2 Å². The van der Waals surface area contributed by atoms with E-state index in [4.69, 9.17) is 4.74 Å². The zero-order valence-corrected chi connectivity index (χ0v) is 20.9. The zero-order valence-electron chi connectivity index (χ0n) is 20.1. The summed E-state index contributed by atoms with van der Waals surface area (Å²) in [5, 5.41) is 1.96. The van der Waals surface area contributed by atoms with Crippen LogP contribution < -0.4 is 0 Å². The number of ether oxygens (including phenoxy) is 1. The first-order valence-corrected chi connectivity index (χ1v) is 12.6. The summed E-state index contributed by atoms with van der Waals surface area (Å²) in [6, 6.07) is 11.5. The third kappa shape index (κ3) is 6.19. The number of hydrogen-bond donors (Lipinski definition) is 0. The molecule has 0 fully saturated rings. The summed E-state index contributed by atoms with van der Waals surface area (Å²) < 4.78 is 57.6. The lowest BCUT2D eigenvalue weighted by atomic mass is 9.93. The summed E-state index contributed by atoms with van der Waals surface area (Å²) in [5.41, 5.74) is 0.936. The normalized spacial score (nSPS) is 15.4. The summed E-state index contributed by atoms with van der Waals surface area (Å²) in [6.45, 7) is 0.721. The molecule has 1 atom stereocenters. The number of rotatable bonds is 8. The SMILES string of the molecule is COCCCN(CC(=O)N1CCc2sccc2C1c1ccc(F)cc1)C(=O)c1ccc(C(F)(F)F)cc1. The van der Waals surface area contributed by atoms with Crippen LogP contribution in [0.4, 0.5) is 17.6 Å². The number of hydrogen-bond acceptors (Lipinski definition) is 4. The largest absolute Gasteiger partial charge is 0.416 e. The summed E-state index contributed by atoms with van der Waals surface area (Å²) in [7, 11) is 1.52. The number of carbonyl (C=O) groups excluding carboxylic acids is 2. The van der Waals surface area contributed by atoms with Gasteiger partial charge in [-0.3, -0.25) is 9.59 Å². The molecule has 1 aliphatic heterocycles. The zero-order chi connectivity index (χ0) is 26.6. The maximum absolute atomic E-state index is 13.6. The van der Waals surface area contributed by atoms with E-state index in [9.17, 15) is 27.2 Å². The van der Waals surface area contributed by atoms with E-state index in [1.807, 2.05) is 11.4 Å². The molecule has 1 aromatic heterocycles. The van der Waals surface area contributed by atoms with Gasteiger partial charge in [-0.05, 0) is 71.8 Å². The van der Waals surface area contributed by atoms with Crippen molar-refractivity contribution in [3.05, 3.63) is 92.9 Å². The molecular formula is C27H26F4N2O3S. The van der Waals surface area contributed by atoms with Crippen molar-refractivity contribution in [3.8, 4) is 0 Å². The Hall–Kier alpha value is -3.24. The van der Waals surface area contributed by atoms with Gasteiger partial charge in [0.2, 0.25) is 5.91 Å². The highest BCUT2D eigenvalue weighted by atomic mass is 32.1. The van der Waals surface area contributed by atoms with Gasteiger partial charge in [-0.15, -0.1) is 11.3 Å². The van der Waals surface area contributed by atoms with Gasteiger partial charge in [0.25, 0.3) is 5.91 Å². The molecule has 0 bridgehead atoms. The molecule has 0 saturated carbocycles. The molecule has 4 rings (SSSR count). The van der Waals surface area contributed by atoms with Gasteiger partial charge in [0, 0.05) is 37.2 Å². The maximum Gasteiger partial charge on any atom is 0.416 e. The van der Waals surface area contributed by atoms with Crippen LogP contribution in [0.2, 0.25) is 0 Å². The van der Waals surface area contributed by atoms with Gasteiger partial charge >= 0.3 is 6.18 Å². The lowest BCUT2D eigenvalue weighted by molar-refractivity contribution is -0.137. The van der Waals surface area contributed by atoms with Crippen LogP contribution >= 0.6 is 11.3 Å². The number of methoxy groups -OCH3 is 1. The Bertz CT molecular complexity index is 1230. The molecule has 2 heterocycles. The summed E-state index contributed by atoms with van der Waals surface area (Å²) in [6.07, 6.45) is -3.40. The Morgan fingerprint density at radius 3 is 2.43 bits per heavy atom. The van der Waals surface area contributed by atoms with E-state index in [0.29, 0.717) is 26.0 Å². The number of carbonyl (C=O) groups is 2. The van der Waals surface area contributed by atoms with Crippen molar-refractivity contribution in [2.75, 3.05) is 33.4 Å². The quantitative estimate of drug-likeness (QED) is 0.281. The molecule has 0 spiro atoms. The fourth-order valence-electron chi connectivity index (χ4n) is 4.48. The van der Waals surface area contributed by atoms with Crippen LogP contribution in [0.15, 0.2) is 60.0 Å². The van der Waals surface area contributed by atoms with Gasteiger partial charge in [0.05, 0.1) is 11.6 Å². The highest BCUT2D eigenvalue weighted by molar-refractivity contribution is 7.10. The number of alkyl halides is 3. The van der Waals surface area contributed by atoms with Crippen LogP contribution in [0.1, 0.15) is 44.4 Å². The van der Waals surface area contributed by atoms with Crippen LogP contribution in [0.3, 0.4) is 0 Å². The van der Waals surface area contributed by atoms with Crippen LogP contribution in [-0.2, 0) is 22.1 Å². The number of thiophene rings is 1. The smallest absolute Gasteiger partial charge is 0.385 e. The first-order chi connectivity index (χ1) is 17.7. The van der Waals surface area contributed by atoms with Crippen molar-refractivity contribution in [2.24, 2.45) is 0 Å². The summed E-state index contributed by atoms with van der Waals surface area (Å²) in [4.78, 5) is 31.1. The number of amides is 2. The van der Waals surface area contributed by atoms with Crippen molar-refractivity contribution in [2.45, 2.75) is 25.1 Å². The van der Waals surface area contributed by atoms with Crippen LogP contribution in [0, 0.1) is 5.82 Å². The Kier molecular flexibility index (Phi) is 8.29. The predicted octanol–water partition coefficient (Wildman–Crippen LogP) is 5.56. The van der Waals surface area contributed by atoms with Crippen LogP contribution in [0.25, 0.3) is 0 Å². The lowest BCUT2D eigenvalue weighted by Gasteiger charge is -2.37. The Morgan fingerprint density at radius 1 is 1.08 bits per heavy atom. The van der Waals surface area contributed by atoms with Gasteiger partial charge < -0.3 is 14.5 Å². The molecule has 2 amide bonds. The van der Waals surface area contributed by atoms with E-state index >= 15 is 0 Å². The first kappa shape index (κ1) is 26.8. The number of fused-ring (bicyclic) bond motifs is 1. The molecule has 2 aromatic carbocycles. The molecule has 37 heavy (non-hydrogen) atoms.